The molecule has 0 bridgehead atoms. The zero-order valence-corrected chi connectivity index (χ0v) is 68.0. The molecule has 6 aliphatic rings. The molecular weight excluding hydrogens is 1750 g/mol. The molecule has 6 fully saturated rings. The van der Waals surface area contributed by atoms with Crippen molar-refractivity contribution in [2.75, 3.05) is 0 Å². The maximum atomic E-state index is 14.9. The van der Waals surface area contributed by atoms with Crippen LogP contribution in [0.5, 0.6) is 0 Å². The standard InChI is InChI=1S/3C24H31OP.2C5H2F6O2.2Eu.2H2O/c3*25-26(21-14-6-2-7-15-21,22-16-8-3-9-17-22)24-19-11-10-18-23(24)20-12-4-1-5-13-20;2*6-4(7,8)2(12)1-3(13)5(9,10)11;;;;/h3*1,4-5,10-13,18-19,21-22H,2-3,6-9,14-17H2;2*1,12H;;;2*1H2. The first kappa shape index (κ1) is 97.0. The van der Waals surface area contributed by atoms with E-state index in [2.05, 4.69) is 164 Å². The smallest absolute Gasteiger partial charge is 0.454 e. The van der Waals surface area contributed by atoms with Crippen LogP contribution in [0.1, 0.15) is 193 Å². The van der Waals surface area contributed by atoms with Crippen molar-refractivity contribution in [3.8, 4) is 33.4 Å². The Morgan fingerprint density at radius 2 is 0.444 bits per heavy atom. The Morgan fingerprint density at radius 3 is 0.611 bits per heavy atom. The molecule has 0 heterocycles. The van der Waals surface area contributed by atoms with E-state index in [9.17, 15) is 76.0 Å². The molecule has 12 rings (SSSR count). The molecule has 26 heteroatoms. The van der Waals surface area contributed by atoms with Crippen LogP contribution in [0.25, 0.3) is 33.4 Å². The second-order valence-electron chi connectivity index (χ2n) is 28.3. The number of benzene rings is 6. The number of aliphatic hydroxyl groups excluding tert-OH is 2. The summed E-state index contributed by atoms with van der Waals surface area (Å²) < 4.78 is 181. The average molecular weight is 1860 g/mol. The van der Waals surface area contributed by atoms with E-state index in [0.29, 0.717) is 34.0 Å². The minimum atomic E-state index is -5.42. The summed E-state index contributed by atoms with van der Waals surface area (Å²) in [7, 11) is -7.28. The summed E-state index contributed by atoms with van der Waals surface area (Å²) in [5.41, 5.74) is 9.74. The first-order valence-electron chi connectivity index (χ1n) is 36.9. The van der Waals surface area contributed by atoms with Crippen molar-refractivity contribution < 1.29 is 196 Å². The zero-order chi connectivity index (χ0) is 75.2. The number of ketones is 2. The maximum absolute atomic E-state index is 14.9. The molecule has 596 valence electrons. The van der Waals surface area contributed by atoms with Gasteiger partial charge < -0.3 is 34.9 Å². The Hall–Kier alpha value is -3.32. The molecule has 0 unspecified atom stereocenters. The predicted molar refractivity (Wildman–Crippen MR) is 401 cm³/mol. The van der Waals surface area contributed by atoms with Crippen molar-refractivity contribution in [1.82, 2.24) is 0 Å². The Balaban J connectivity index is 0.000000292. The molecule has 9 nitrogen and oxygen atoms in total. The molecule has 0 spiro atoms. The van der Waals surface area contributed by atoms with E-state index < -0.39 is 81.4 Å². The monoisotopic (exact) mass is 1860 g/mol. The van der Waals surface area contributed by atoms with Gasteiger partial charge in [-0.05, 0) is 110 Å². The van der Waals surface area contributed by atoms with Gasteiger partial charge in [0, 0.05) is 161 Å². The number of allylic oxidation sites excluding steroid dienone is 4. The van der Waals surface area contributed by atoms with E-state index in [-0.39, 0.29) is 110 Å². The van der Waals surface area contributed by atoms with Gasteiger partial charge in [0.15, 0.2) is 0 Å². The quantitative estimate of drug-likeness (QED) is 0.0469. The summed E-state index contributed by atoms with van der Waals surface area (Å²) in [5.74, 6) is -10.7. The number of aliphatic hydroxyl groups is 2. The van der Waals surface area contributed by atoms with Gasteiger partial charge in [-0.25, -0.2) is 0 Å². The van der Waals surface area contributed by atoms with Gasteiger partial charge in [0.2, 0.25) is 11.5 Å². The maximum Gasteiger partial charge on any atom is 0.454 e. The summed E-state index contributed by atoms with van der Waals surface area (Å²) in [4.78, 5) is 19.7. The van der Waals surface area contributed by atoms with Crippen molar-refractivity contribution in [1.29, 1.82) is 0 Å². The van der Waals surface area contributed by atoms with Gasteiger partial charge in [-0.2, -0.15) is 52.7 Å². The van der Waals surface area contributed by atoms with Gasteiger partial charge >= 0.3 is 24.7 Å². The molecule has 2 radical (unpaired) electrons. The van der Waals surface area contributed by atoms with Gasteiger partial charge in [0.25, 0.3) is 11.6 Å². The number of carbonyl (C=O) groups is 2. The fourth-order valence-electron chi connectivity index (χ4n) is 16.4. The Morgan fingerprint density at radius 1 is 0.278 bits per heavy atom. The number of rotatable bonds is 14. The van der Waals surface area contributed by atoms with Gasteiger partial charge in [0.05, 0.1) is 0 Å². The third-order valence-corrected chi connectivity index (χ3v) is 34.5. The van der Waals surface area contributed by atoms with E-state index in [1.54, 1.807) is 0 Å². The number of hydrogen-bond donors (Lipinski definition) is 2. The van der Waals surface area contributed by atoms with Crippen LogP contribution < -0.4 is 15.9 Å². The third-order valence-electron chi connectivity index (χ3n) is 21.5. The molecule has 6 aromatic carbocycles. The van der Waals surface area contributed by atoms with Gasteiger partial charge in [-0.15, -0.1) is 0 Å². The van der Waals surface area contributed by atoms with Crippen molar-refractivity contribution in [2.45, 2.75) is 251 Å². The van der Waals surface area contributed by atoms with Crippen molar-refractivity contribution >= 4 is 48.9 Å². The Labute approximate surface area is 709 Å². The normalized spacial score (nSPS) is 18.0. The van der Waals surface area contributed by atoms with E-state index in [1.165, 1.54) is 165 Å². The first-order chi connectivity index (χ1) is 49.5. The molecular formula is C82H101Eu2F12O9P3. The second-order valence-corrected chi connectivity index (χ2v) is 38.4. The molecule has 6 saturated carbocycles. The SMILES string of the molecule is O.O.O=C(C=C(O)C(F)(F)F)C(F)(F)F.O=C(C=C(O)C(F)(F)F)C(F)(F)F.O=P(c1ccccc1-c1ccccc1)(C1CCCCC1)C1CCCCC1.O=P(c1ccccc1-c1ccccc1)(C1CCCCC1)C1CCCCC1.O=P(c1ccccc1-c1ccccc1)(C1CCCCC1)C1CCCCC1.[Eu].[Eu]. The minimum absolute atomic E-state index is 0. The van der Waals surface area contributed by atoms with Crippen LogP contribution >= 0.6 is 21.4 Å². The molecule has 108 heavy (non-hydrogen) atoms. The van der Waals surface area contributed by atoms with Gasteiger partial charge in [-0.1, -0.05) is 279 Å². The molecule has 0 aromatic heterocycles. The number of hydrogen-bond acceptors (Lipinski definition) is 7. The zero-order valence-electron chi connectivity index (χ0n) is 60.5. The number of halogens is 12. The van der Waals surface area contributed by atoms with E-state index in [4.69, 9.17) is 10.2 Å². The first-order valence-corrected chi connectivity index (χ1v) is 42.4. The molecule has 6 aliphatic carbocycles. The molecule has 0 saturated heterocycles. The summed E-state index contributed by atoms with van der Waals surface area (Å²) in [6, 6.07) is 57.6. The van der Waals surface area contributed by atoms with E-state index >= 15 is 0 Å². The predicted octanol–water partition coefficient (Wildman–Crippen LogP) is 23.6. The molecule has 0 amide bonds. The fraction of sp³-hybridized carbons (Fsp3) is 0.488. The Kier molecular flexibility index (Phi) is 41.1. The van der Waals surface area contributed by atoms with Crippen LogP contribution in [0, 0.1) is 98.8 Å². The molecule has 0 aliphatic heterocycles. The van der Waals surface area contributed by atoms with Crippen molar-refractivity contribution in [3.05, 3.63) is 187 Å². The summed E-state index contributed by atoms with van der Waals surface area (Å²) in [6.07, 6.45) is 13.6. The van der Waals surface area contributed by atoms with E-state index in [1.807, 2.05) is 0 Å². The molecule has 6 aromatic rings. The van der Waals surface area contributed by atoms with Crippen molar-refractivity contribution in [3.63, 3.8) is 0 Å². The molecule has 6 N–H and O–H groups in total. The van der Waals surface area contributed by atoms with Crippen LogP contribution in [0.15, 0.2) is 187 Å². The summed E-state index contributed by atoms with van der Waals surface area (Å²) in [5, 5.41) is 19.4. The van der Waals surface area contributed by atoms with Crippen LogP contribution in [-0.4, -0.2) is 91.4 Å². The van der Waals surface area contributed by atoms with Crippen LogP contribution in [0.3, 0.4) is 0 Å². The van der Waals surface area contributed by atoms with Gasteiger partial charge in [-0.3, -0.25) is 9.59 Å². The summed E-state index contributed by atoms with van der Waals surface area (Å²) in [6.45, 7) is 0. The second kappa shape index (κ2) is 45.7. The fourth-order valence-corrected chi connectivity index (χ4v) is 30.0. The Bertz CT molecular complexity index is 3460. The van der Waals surface area contributed by atoms with Crippen molar-refractivity contribution in [2.24, 2.45) is 0 Å². The topological polar surface area (TPSA) is 189 Å². The minimum Gasteiger partial charge on any atom is -0.504 e. The van der Waals surface area contributed by atoms with E-state index in [0.717, 1.165) is 77.0 Å². The van der Waals surface area contributed by atoms with Crippen LogP contribution in [0.4, 0.5) is 52.7 Å². The third kappa shape index (κ3) is 26.6. The van der Waals surface area contributed by atoms with Gasteiger partial charge in [0.1, 0.15) is 21.4 Å². The summed E-state index contributed by atoms with van der Waals surface area (Å²) >= 11 is 0. The van der Waals surface area contributed by atoms with Crippen LogP contribution in [-0.2, 0) is 23.3 Å². The number of carbonyl (C=O) groups excluding carboxylic acids is 2. The molecule has 0 atom stereocenters. The number of alkyl halides is 12. The average Bonchev–Trinajstić information content (AvgIpc) is 0.766. The largest absolute Gasteiger partial charge is 0.504 e. The van der Waals surface area contributed by atoms with Crippen LogP contribution in [0.2, 0.25) is 0 Å².